The highest BCUT2D eigenvalue weighted by molar-refractivity contribution is 5.85. The van der Waals surface area contributed by atoms with Gasteiger partial charge in [0.1, 0.15) is 11.5 Å². The van der Waals surface area contributed by atoms with Gasteiger partial charge in [-0.2, -0.15) is 0 Å². The van der Waals surface area contributed by atoms with Gasteiger partial charge in [-0.05, 0) is 36.9 Å². The van der Waals surface area contributed by atoms with E-state index in [1.165, 1.54) is 11.1 Å². The Labute approximate surface area is 131 Å². The number of nitrogens with zero attached hydrogens (tertiary/aromatic N) is 1. The summed E-state index contributed by atoms with van der Waals surface area (Å²) >= 11 is 0. The molecule has 21 heavy (non-hydrogen) atoms. The minimum Gasteiger partial charge on any atom is -0.457 e. The van der Waals surface area contributed by atoms with Crippen LogP contribution in [0, 0.1) is 0 Å². The number of hydrogen-bond donors (Lipinski definition) is 1. The fourth-order valence-electron chi connectivity index (χ4n) is 3.58. The number of nitrogens with two attached hydrogens (primary N) is 1. The number of para-hydroxylation sites is 1. The second-order valence-electron chi connectivity index (χ2n) is 5.87. The van der Waals surface area contributed by atoms with Crippen molar-refractivity contribution < 1.29 is 4.74 Å². The third kappa shape index (κ3) is 2.27. The van der Waals surface area contributed by atoms with Crippen LogP contribution in [0.1, 0.15) is 23.0 Å². The lowest BCUT2D eigenvalue weighted by Gasteiger charge is -2.17. The average Bonchev–Trinajstić information content (AvgIpc) is 2.78. The molecule has 2 aliphatic heterocycles. The lowest BCUT2D eigenvalue weighted by Crippen LogP contribution is -2.14. The Balaban J connectivity index is 0.00000132. The van der Waals surface area contributed by atoms with Crippen LogP contribution in [-0.4, -0.2) is 25.0 Å². The molecule has 2 aliphatic rings. The first-order valence-corrected chi connectivity index (χ1v) is 7.07. The summed E-state index contributed by atoms with van der Waals surface area (Å²) in [6.45, 7) is 2.12. The number of likely N-dealkylation sites (N-methyl/N-ethyl adjacent to an activating group) is 1. The largest absolute Gasteiger partial charge is 0.457 e. The quantitative estimate of drug-likeness (QED) is 0.756. The number of likely N-dealkylation sites (tertiary alicyclic amines) is 1. The summed E-state index contributed by atoms with van der Waals surface area (Å²) < 4.78 is 6.15. The zero-order chi connectivity index (χ0) is 13.7. The third-order valence-corrected chi connectivity index (χ3v) is 4.47. The smallest absolute Gasteiger partial charge is 0.131 e. The predicted octanol–water partition coefficient (Wildman–Crippen LogP) is 3.61. The van der Waals surface area contributed by atoms with E-state index >= 15 is 0 Å². The number of anilines is 1. The van der Waals surface area contributed by atoms with E-state index in [1.54, 1.807) is 0 Å². The van der Waals surface area contributed by atoms with Crippen molar-refractivity contribution in [1.82, 2.24) is 4.90 Å². The second-order valence-corrected chi connectivity index (χ2v) is 5.87. The van der Waals surface area contributed by atoms with E-state index in [2.05, 4.69) is 36.2 Å². The summed E-state index contributed by atoms with van der Waals surface area (Å²) in [6, 6.07) is 14.4. The number of rotatable bonds is 0. The van der Waals surface area contributed by atoms with Crippen LogP contribution in [0.2, 0.25) is 0 Å². The van der Waals surface area contributed by atoms with Gasteiger partial charge in [0.05, 0.1) is 0 Å². The molecule has 110 valence electrons. The molecular weight excluding hydrogens is 284 g/mol. The van der Waals surface area contributed by atoms with Gasteiger partial charge in [-0.15, -0.1) is 12.4 Å². The Bertz CT molecular complexity index is 674. The van der Waals surface area contributed by atoms with Crippen molar-refractivity contribution in [3.05, 3.63) is 53.6 Å². The van der Waals surface area contributed by atoms with E-state index in [-0.39, 0.29) is 12.4 Å². The highest BCUT2D eigenvalue weighted by atomic mass is 35.5. The van der Waals surface area contributed by atoms with E-state index in [0.717, 1.165) is 30.3 Å². The fraction of sp³-hybridized carbons (Fsp3) is 0.294. The third-order valence-electron chi connectivity index (χ3n) is 4.47. The number of benzene rings is 2. The molecule has 3 nitrogen and oxygen atoms in total. The molecule has 0 unspecified atom stereocenters. The molecule has 2 aromatic carbocycles. The lowest BCUT2D eigenvalue weighted by molar-refractivity contribution is 0.401. The molecular formula is C17H19ClN2O. The lowest BCUT2D eigenvalue weighted by atomic mass is 9.84. The van der Waals surface area contributed by atoms with E-state index in [1.807, 2.05) is 18.2 Å². The standard InChI is InChI=1S/C17H18N2O.ClH/c1-19-9-14-12-4-2-3-5-16(12)20-17-7-6-11(18)8-13(17)15(14)10-19;/h2-8,14-15H,9-10,18H2,1H3;1H/t14-,15-;/m1./s1. The van der Waals surface area contributed by atoms with Gasteiger partial charge in [-0.1, -0.05) is 18.2 Å². The van der Waals surface area contributed by atoms with Gasteiger partial charge in [0, 0.05) is 36.2 Å². The molecule has 2 N–H and O–H groups in total. The Kier molecular flexibility index (Phi) is 3.56. The SMILES string of the molecule is CN1C[C@@H]2c3ccccc3Oc3ccc(N)cc3[C@H]2C1.Cl. The van der Waals surface area contributed by atoms with E-state index in [9.17, 15) is 0 Å². The minimum atomic E-state index is 0. The Morgan fingerprint density at radius 2 is 1.67 bits per heavy atom. The first-order valence-electron chi connectivity index (χ1n) is 7.07. The van der Waals surface area contributed by atoms with Crippen molar-refractivity contribution in [3.63, 3.8) is 0 Å². The average molecular weight is 303 g/mol. The number of fused-ring (bicyclic) bond motifs is 5. The summed E-state index contributed by atoms with van der Waals surface area (Å²) in [5.74, 6) is 2.89. The van der Waals surface area contributed by atoms with Crippen LogP contribution in [-0.2, 0) is 0 Å². The summed E-state index contributed by atoms with van der Waals surface area (Å²) in [7, 11) is 2.18. The Morgan fingerprint density at radius 3 is 2.48 bits per heavy atom. The Hall–Kier alpha value is -1.71. The van der Waals surface area contributed by atoms with Crippen LogP contribution in [0.4, 0.5) is 5.69 Å². The van der Waals surface area contributed by atoms with Gasteiger partial charge >= 0.3 is 0 Å². The highest BCUT2D eigenvalue weighted by Gasteiger charge is 2.38. The molecule has 4 rings (SSSR count). The molecule has 0 spiro atoms. The van der Waals surface area contributed by atoms with E-state index in [4.69, 9.17) is 10.5 Å². The first-order chi connectivity index (χ1) is 9.72. The van der Waals surface area contributed by atoms with Crippen LogP contribution in [0.15, 0.2) is 42.5 Å². The highest BCUT2D eigenvalue weighted by Crippen LogP contribution is 2.49. The van der Waals surface area contributed by atoms with Crippen molar-refractivity contribution in [2.24, 2.45) is 0 Å². The van der Waals surface area contributed by atoms with Crippen LogP contribution in [0.5, 0.6) is 11.5 Å². The van der Waals surface area contributed by atoms with Gasteiger partial charge in [0.2, 0.25) is 0 Å². The maximum absolute atomic E-state index is 6.15. The van der Waals surface area contributed by atoms with Crippen molar-refractivity contribution in [2.45, 2.75) is 11.8 Å². The van der Waals surface area contributed by atoms with Crippen molar-refractivity contribution in [1.29, 1.82) is 0 Å². The molecule has 0 amide bonds. The molecule has 1 fully saturated rings. The van der Waals surface area contributed by atoms with Crippen molar-refractivity contribution in [3.8, 4) is 11.5 Å². The molecule has 0 radical (unpaired) electrons. The van der Waals surface area contributed by atoms with Crippen molar-refractivity contribution >= 4 is 18.1 Å². The minimum absolute atomic E-state index is 0. The van der Waals surface area contributed by atoms with Gasteiger partial charge in [0.25, 0.3) is 0 Å². The number of ether oxygens (including phenoxy) is 1. The summed E-state index contributed by atoms with van der Waals surface area (Å²) in [5.41, 5.74) is 9.36. The zero-order valence-corrected chi connectivity index (χ0v) is 12.8. The zero-order valence-electron chi connectivity index (χ0n) is 12.0. The van der Waals surface area contributed by atoms with Gasteiger partial charge in [-0.25, -0.2) is 0 Å². The maximum Gasteiger partial charge on any atom is 0.131 e. The normalized spacial score (nSPS) is 23.1. The van der Waals surface area contributed by atoms with Crippen LogP contribution < -0.4 is 10.5 Å². The molecule has 4 heteroatoms. The molecule has 1 saturated heterocycles. The monoisotopic (exact) mass is 302 g/mol. The van der Waals surface area contributed by atoms with E-state index in [0.29, 0.717) is 11.8 Å². The maximum atomic E-state index is 6.15. The van der Waals surface area contributed by atoms with Gasteiger partial charge < -0.3 is 15.4 Å². The van der Waals surface area contributed by atoms with Crippen LogP contribution in [0.3, 0.4) is 0 Å². The first kappa shape index (κ1) is 14.2. The molecule has 0 aliphatic carbocycles. The summed E-state index contributed by atoms with van der Waals surface area (Å²) in [6.07, 6.45) is 0. The molecule has 0 aromatic heterocycles. The molecule has 0 saturated carbocycles. The van der Waals surface area contributed by atoms with E-state index < -0.39 is 0 Å². The summed E-state index contributed by atoms with van der Waals surface area (Å²) in [4.78, 5) is 2.39. The molecule has 2 atom stereocenters. The predicted molar refractivity (Wildman–Crippen MR) is 87.6 cm³/mol. The number of nitrogen functional groups attached to an aromatic ring is 1. The number of halogens is 1. The number of hydrogen-bond acceptors (Lipinski definition) is 3. The summed E-state index contributed by atoms with van der Waals surface area (Å²) in [5, 5.41) is 0. The van der Waals surface area contributed by atoms with Gasteiger partial charge in [0.15, 0.2) is 0 Å². The topological polar surface area (TPSA) is 38.5 Å². The second kappa shape index (κ2) is 5.24. The van der Waals surface area contributed by atoms with Crippen molar-refractivity contribution in [2.75, 3.05) is 25.9 Å². The molecule has 2 aromatic rings. The van der Waals surface area contributed by atoms with Gasteiger partial charge in [-0.3, -0.25) is 0 Å². The Morgan fingerprint density at radius 1 is 1.00 bits per heavy atom. The molecule has 0 bridgehead atoms. The van der Waals surface area contributed by atoms with Crippen LogP contribution >= 0.6 is 12.4 Å². The molecule has 2 heterocycles. The fourth-order valence-corrected chi connectivity index (χ4v) is 3.58. The van der Waals surface area contributed by atoms with Crippen LogP contribution in [0.25, 0.3) is 0 Å².